The third-order valence-electron chi connectivity index (χ3n) is 2.90. The maximum Gasteiger partial charge on any atom is 0.257 e. The van der Waals surface area contributed by atoms with E-state index in [0.29, 0.717) is 17.4 Å². The number of amides is 1. The summed E-state index contributed by atoms with van der Waals surface area (Å²) in [5.41, 5.74) is 6.17. The van der Waals surface area contributed by atoms with Gasteiger partial charge in [-0.25, -0.2) is 0 Å². The van der Waals surface area contributed by atoms with Crippen molar-refractivity contribution in [3.63, 3.8) is 0 Å². The molecule has 17 heavy (non-hydrogen) atoms. The summed E-state index contributed by atoms with van der Waals surface area (Å²) in [6.45, 7) is 2.05. The average Bonchev–Trinajstić information content (AvgIpc) is 2.86. The summed E-state index contributed by atoms with van der Waals surface area (Å²) in [4.78, 5) is 13.9. The van der Waals surface area contributed by atoms with Crippen LogP contribution in [-0.4, -0.2) is 48.4 Å². The van der Waals surface area contributed by atoms with E-state index in [2.05, 4.69) is 27.0 Å². The molecule has 1 fully saturated rings. The number of aromatic nitrogens is 1. The molecule has 0 spiro atoms. The lowest BCUT2D eigenvalue weighted by Crippen LogP contribution is -2.25. The van der Waals surface area contributed by atoms with Crippen LogP contribution in [0.4, 0.5) is 10.8 Å². The average molecular weight is 255 g/mol. The number of nitrogens with zero attached hydrogens (tertiary/aromatic N) is 2. The van der Waals surface area contributed by atoms with Crippen LogP contribution in [0, 0.1) is 0 Å². The van der Waals surface area contributed by atoms with Crippen molar-refractivity contribution in [2.75, 3.05) is 38.2 Å². The first-order valence-corrected chi connectivity index (χ1v) is 6.31. The maximum absolute atomic E-state index is 11.7. The quantitative estimate of drug-likeness (QED) is 0.718. The third-order valence-corrected chi connectivity index (χ3v) is 3.69. The van der Waals surface area contributed by atoms with Crippen molar-refractivity contribution in [2.24, 2.45) is 0 Å². The molecule has 1 aromatic rings. The Hall–Kier alpha value is -1.34. The number of hydrogen-bond donors (Lipinski definition) is 3. The number of anilines is 2. The van der Waals surface area contributed by atoms with Crippen LogP contribution in [0.3, 0.4) is 0 Å². The fraction of sp³-hybridized carbons (Fsp3) is 0.600. The number of carbonyl (C=O) groups is 1. The van der Waals surface area contributed by atoms with Crippen LogP contribution in [-0.2, 0) is 0 Å². The zero-order chi connectivity index (χ0) is 12.4. The van der Waals surface area contributed by atoms with Gasteiger partial charge in [-0.2, -0.15) is 4.37 Å². The predicted molar refractivity (Wildman–Crippen MR) is 69.4 cm³/mol. The monoisotopic (exact) mass is 255 g/mol. The lowest BCUT2D eigenvalue weighted by Gasteiger charge is -2.13. The molecule has 94 valence electrons. The molecule has 6 nitrogen and oxygen atoms in total. The van der Waals surface area contributed by atoms with Gasteiger partial charge in [0, 0.05) is 19.6 Å². The number of likely N-dealkylation sites (tertiary alicyclic amines) is 1. The third kappa shape index (κ3) is 2.50. The Bertz CT molecular complexity index is 419. The number of hydrogen-bond acceptors (Lipinski definition) is 6. The fourth-order valence-electron chi connectivity index (χ4n) is 1.98. The normalized spacial score (nSPS) is 20.5. The molecule has 2 rings (SSSR count). The van der Waals surface area contributed by atoms with Crippen molar-refractivity contribution in [3.05, 3.63) is 5.56 Å². The lowest BCUT2D eigenvalue weighted by atomic mass is 10.2. The van der Waals surface area contributed by atoms with E-state index in [4.69, 9.17) is 5.73 Å². The van der Waals surface area contributed by atoms with Gasteiger partial charge < -0.3 is 21.3 Å². The minimum atomic E-state index is -0.190. The van der Waals surface area contributed by atoms with Crippen molar-refractivity contribution >= 4 is 28.3 Å². The molecule has 1 amide bonds. The van der Waals surface area contributed by atoms with Crippen molar-refractivity contribution in [1.82, 2.24) is 14.6 Å². The molecule has 1 aliphatic heterocycles. The molecular weight excluding hydrogens is 238 g/mol. The lowest BCUT2D eigenvalue weighted by molar-refractivity contribution is 0.0965. The van der Waals surface area contributed by atoms with Crippen molar-refractivity contribution in [1.29, 1.82) is 0 Å². The van der Waals surface area contributed by atoms with Gasteiger partial charge >= 0.3 is 0 Å². The molecule has 0 aromatic carbocycles. The summed E-state index contributed by atoms with van der Waals surface area (Å²) < 4.78 is 4.03. The van der Waals surface area contributed by atoms with Crippen LogP contribution >= 0.6 is 11.5 Å². The highest BCUT2D eigenvalue weighted by molar-refractivity contribution is 7.11. The minimum Gasteiger partial charge on any atom is -0.382 e. The highest BCUT2D eigenvalue weighted by Crippen LogP contribution is 2.28. The van der Waals surface area contributed by atoms with Crippen LogP contribution < -0.4 is 16.4 Å². The minimum absolute atomic E-state index is 0.190. The number of carbonyl (C=O) groups excluding carboxylic acids is 1. The van der Waals surface area contributed by atoms with E-state index >= 15 is 0 Å². The van der Waals surface area contributed by atoms with E-state index in [-0.39, 0.29) is 5.91 Å². The molecule has 2 heterocycles. The van der Waals surface area contributed by atoms with Crippen LogP contribution in [0.25, 0.3) is 0 Å². The topological polar surface area (TPSA) is 83.3 Å². The van der Waals surface area contributed by atoms with Gasteiger partial charge in [0.2, 0.25) is 0 Å². The first kappa shape index (κ1) is 12.1. The Morgan fingerprint density at radius 1 is 1.65 bits per heavy atom. The summed E-state index contributed by atoms with van der Waals surface area (Å²) in [6.07, 6.45) is 1.07. The number of nitrogens with one attached hydrogen (secondary N) is 2. The number of likely N-dealkylation sites (N-methyl/N-ethyl adjacent to an activating group) is 1. The first-order chi connectivity index (χ1) is 8.11. The summed E-state index contributed by atoms with van der Waals surface area (Å²) >= 11 is 1.24. The predicted octanol–water partition coefficient (Wildman–Crippen LogP) is 0.201. The number of rotatable bonds is 3. The first-order valence-electron chi connectivity index (χ1n) is 5.54. The Kier molecular flexibility index (Phi) is 3.49. The van der Waals surface area contributed by atoms with Crippen molar-refractivity contribution in [3.8, 4) is 0 Å². The molecule has 1 atom stereocenters. The zero-order valence-corrected chi connectivity index (χ0v) is 10.8. The highest BCUT2D eigenvalue weighted by atomic mass is 32.1. The van der Waals surface area contributed by atoms with Crippen LogP contribution in [0.1, 0.15) is 16.8 Å². The summed E-state index contributed by atoms with van der Waals surface area (Å²) in [5.74, 6) is 0.105. The van der Waals surface area contributed by atoms with E-state index in [1.165, 1.54) is 11.5 Å². The van der Waals surface area contributed by atoms with Crippen LogP contribution in [0.2, 0.25) is 0 Å². The van der Waals surface area contributed by atoms with Gasteiger partial charge in [0.05, 0.1) is 0 Å². The van der Waals surface area contributed by atoms with Crippen molar-refractivity contribution < 1.29 is 4.79 Å². The standard InChI is InChI=1S/C10H17N5OS/c1-12-9(16)7-8(11)14-17-10(7)13-6-3-4-15(2)5-6/h6,13H,3-5H2,1-2H3,(H2,11,14)(H,12,16). The van der Waals surface area contributed by atoms with Gasteiger partial charge in [-0.15, -0.1) is 0 Å². The molecule has 0 saturated carbocycles. The largest absolute Gasteiger partial charge is 0.382 e. The van der Waals surface area contributed by atoms with Crippen LogP contribution in [0.5, 0.6) is 0 Å². The Morgan fingerprint density at radius 3 is 3.00 bits per heavy atom. The van der Waals surface area contributed by atoms with Gasteiger partial charge in [0.1, 0.15) is 10.6 Å². The number of nitrogens with two attached hydrogens (primary N) is 1. The molecule has 1 unspecified atom stereocenters. The van der Waals surface area contributed by atoms with Crippen LogP contribution in [0.15, 0.2) is 0 Å². The Balaban J connectivity index is 2.13. The molecule has 1 saturated heterocycles. The van der Waals surface area contributed by atoms with E-state index in [1.807, 2.05) is 0 Å². The molecule has 4 N–H and O–H groups in total. The van der Waals surface area contributed by atoms with E-state index in [9.17, 15) is 4.79 Å². The second kappa shape index (κ2) is 4.89. The van der Waals surface area contributed by atoms with Gasteiger partial charge in [-0.1, -0.05) is 0 Å². The molecule has 1 aliphatic rings. The molecule has 7 heteroatoms. The van der Waals surface area contributed by atoms with Gasteiger partial charge in [-0.05, 0) is 31.5 Å². The molecule has 0 bridgehead atoms. The maximum atomic E-state index is 11.7. The smallest absolute Gasteiger partial charge is 0.257 e. The summed E-state index contributed by atoms with van der Waals surface area (Å²) in [7, 11) is 3.68. The zero-order valence-electron chi connectivity index (χ0n) is 9.99. The van der Waals surface area contributed by atoms with Gasteiger partial charge in [0.15, 0.2) is 5.82 Å². The highest BCUT2D eigenvalue weighted by Gasteiger charge is 2.24. The van der Waals surface area contributed by atoms with E-state index in [0.717, 1.165) is 24.5 Å². The fourth-order valence-corrected chi connectivity index (χ4v) is 2.77. The summed E-state index contributed by atoms with van der Waals surface area (Å²) in [6, 6.07) is 0.364. The van der Waals surface area contributed by atoms with E-state index in [1.54, 1.807) is 7.05 Å². The summed E-state index contributed by atoms with van der Waals surface area (Å²) in [5, 5.41) is 6.69. The molecule has 0 radical (unpaired) electrons. The van der Waals surface area contributed by atoms with E-state index < -0.39 is 0 Å². The second-order valence-electron chi connectivity index (χ2n) is 4.24. The Morgan fingerprint density at radius 2 is 2.41 bits per heavy atom. The van der Waals surface area contributed by atoms with Gasteiger partial charge in [0.25, 0.3) is 5.91 Å². The molecule has 1 aromatic heterocycles. The SMILES string of the molecule is CNC(=O)c1c(N)nsc1NC1CCN(C)C1. The molecule has 0 aliphatic carbocycles. The Labute approximate surface area is 104 Å². The van der Waals surface area contributed by atoms with Gasteiger partial charge in [-0.3, -0.25) is 4.79 Å². The second-order valence-corrected chi connectivity index (χ2v) is 5.02. The number of nitrogen functional groups attached to an aromatic ring is 1. The molecular formula is C10H17N5OS. The van der Waals surface area contributed by atoms with Crippen molar-refractivity contribution in [2.45, 2.75) is 12.5 Å².